The Morgan fingerprint density at radius 3 is 2.23 bits per heavy atom. The molecule has 1 saturated carbocycles. The van der Waals surface area contributed by atoms with Crippen molar-refractivity contribution in [3.63, 3.8) is 0 Å². The molecule has 0 saturated heterocycles. The standard InChI is InChI=1S/C12H22O/c1-9(2)12(8-10(3)13)11-6-4-5-7-11/h9,11-12H,4-8H2,1-3H3. The Balaban J connectivity index is 2.50. The minimum absolute atomic E-state index is 0.366. The highest BCUT2D eigenvalue weighted by atomic mass is 16.1. The van der Waals surface area contributed by atoms with E-state index in [1.54, 1.807) is 6.92 Å². The van der Waals surface area contributed by atoms with Crippen LogP contribution in [0, 0.1) is 17.8 Å². The van der Waals surface area contributed by atoms with Gasteiger partial charge in [-0.2, -0.15) is 0 Å². The Kier molecular flexibility index (Phi) is 3.95. The Hall–Kier alpha value is -0.330. The number of rotatable bonds is 4. The van der Waals surface area contributed by atoms with Gasteiger partial charge in [0, 0.05) is 6.42 Å². The van der Waals surface area contributed by atoms with Crippen LogP contribution in [-0.4, -0.2) is 5.78 Å². The lowest BCUT2D eigenvalue weighted by molar-refractivity contribution is -0.118. The van der Waals surface area contributed by atoms with Crippen LogP contribution >= 0.6 is 0 Å². The Morgan fingerprint density at radius 2 is 1.85 bits per heavy atom. The maximum Gasteiger partial charge on any atom is 0.130 e. The number of carbonyl (C=O) groups excluding carboxylic acids is 1. The average molecular weight is 182 g/mol. The first kappa shape index (κ1) is 10.7. The van der Waals surface area contributed by atoms with Gasteiger partial charge in [-0.3, -0.25) is 0 Å². The minimum atomic E-state index is 0.366. The third-order valence-corrected chi connectivity index (χ3v) is 3.38. The van der Waals surface area contributed by atoms with Gasteiger partial charge in [0.1, 0.15) is 5.78 Å². The van der Waals surface area contributed by atoms with Crippen molar-refractivity contribution in [2.45, 2.75) is 52.9 Å². The van der Waals surface area contributed by atoms with E-state index in [9.17, 15) is 4.79 Å². The van der Waals surface area contributed by atoms with E-state index in [-0.39, 0.29) is 0 Å². The maximum absolute atomic E-state index is 11.1. The number of carbonyl (C=O) groups is 1. The summed E-state index contributed by atoms with van der Waals surface area (Å²) >= 11 is 0. The van der Waals surface area contributed by atoms with Crippen LogP contribution in [0.15, 0.2) is 0 Å². The summed E-state index contributed by atoms with van der Waals surface area (Å²) in [5, 5.41) is 0. The van der Waals surface area contributed by atoms with Gasteiger partial charge in [-0.1, -0.05) is 39.5 Å². The summed E-state index contributed by atoms with van der Waals surface area (Å²) in [5.41, 5.74) is 0. The van der Waals surface area contributed by atoms with E-state index in [1.807, 2.05) is 0 Å². The normalized spacial score (nSPS) is 20.9. The lowest BCUT2D eigenvalue weighted by Gasteiger charge is -2.26. The van der Waals surface area contributed by atoms with E-state index in [1.165, 1.54) is 25.7 Å². The van der Waals surface area contributed by atoms with Gasteiger partial charge in [-0.05, 0) is 24.7 Å². The fourth-order valence-corrected chi connectivity index (χ4v) is 2.66. The Bertz CT molecular complexity index is 166. The molecule has 0 N–H and O–H groups in total. The Morgan fingerprint density at radius 1 is 1.31 bits per heavy atom. The first-order chi connectivity index (χ1) is 6.11. The van der Waals surface area contributed by atoms with Crippen molar-refractivity contribution in [2.75, 3.05) is 0 Å². The molecule has 0 aromatic carbocycles. The summed E-state index contributed by atoms with van der Waals surface area (Å²) in [6.07, 6.45) is 6.28. The lowest BCUT2D eigenvalue weighted by atomic mass is 9.79. The fourth-order valence-electron chi connectivity index (χ4n) is 2.66. The quantitative estimate of drug-likeness (QED) is 0.651. The smallest absolute Gasteiger partial charge is 0.130 e. The summed E-state index contributed by atoms with van der Waals surface area (Å²) in [7, 11) is 0. The summed E-state index contributed by atoms with van der Waals surface area (Å²) in [6.45, 7) is 6.24. The predicted octanol–water partition coefficient (Wildman–Crippen LogP) is 3.43. The number of ketones is 1. The van der Waals surface area contributed by atoms with Gasteiger partial charge in [0.25, 0.3) is 0 Å². The molecule has 1 nitrogen and oxygen atoms in total. The number of Topliss-reactive ketones (excluding diaryl/α,β-unsaturated/α-hetero) is 1. The zero-order valence-electron chi connectivity index (χ0n) is 9.18. The summed E-state index contributed by atoms with van der Waals surface area (Å²) < 4.78 is 0. The molecule has 0 aromatic rings. The van der Waals surface area contributed by atoms with Crippen LogP contribution in [0.25, 0.3) is 0 Å². The van der Waals surface area contributed by atoms with Crippen LogP contribution in [0.3, 0.4) is 0 Å². The zero-order valence-corrected chi connectivity index (χ0v) is 9.18. The summed E-state index contributed by atoms with van der Waals surface area (Å²) in [5.74, 6) is 2.53. The molecule has 1 aliphatic rings. The maximum atomic E-state index is 11.1. The van der Waals surface area contributed by atoms with Gasteiger partial charge < -0.3 is 4.79 Å². The molecule has 1 heteroatoms. The molecule has 0 spiro atoms. The van der Waals surface area contributed by atoms with Crippen LogP contribution in [-0.2, 0) is 4.79 Å². The van der Waals surface area contributed by atoms with Crippen LogP contribution in [0.2, 0.25) is 0 Å². The van der Waals surface area contributed by atoms with Gasteiger partial charge >= 0.3 is 0 Å². The van der Waals surface area contributed by atoms with E-state index in [0.29, 0.717) is 17.6 Å². The van der Waals surface area contributed by atoms with Gasteiger partial charge in [-0.25, -0.2) is 0 Å². The van der Waals surface area contributed by atoms with E-state index in [0.717, 1.165) is 12.3 Å². The Labute approximate surface area is 81.9 Å². The van der Waals surface area contributed by atoms with Crippen molar-refractivity contribution in [3.05, 3.63) is 0 Å². The molecule has 1 aliphatic carbocycles. The highest BCUT2D eigenvalue weighted by Gasteiger charge is 2.27. The van der Waals surface area contributed by atoms with E-state index < -0.39 is 0 Å². The molecular weight excluding hydrogens is 160 g/mol. The lowest BCUT2D eigenvalue weighted by Crippen LogP contribution is -2.20. The van der Waals surface area contributed by atoms with Gasteiger partial charge in [0.2, 0.25) is 0 Å². The largest absolute Gasteiger partial charge is 0.300 e. The molecule has 0 bridgehead atoms. The van der Waals surface area contributed by atoms with E-state index in [2.05, 4.69) is 13.8 Å². The minimum Gasteiger partial charge on any atom is -0.300 e. The SMILES string of the molecule is CC(=O)CC(C(C)C)C1CCCC1. The number of hydrogen-bond acceptors (Lipinski definition) is 1. The van der Waals surface area contributed by atoms with Crippen molar-refractivity contribution < 1.29 is 4.79 Å². The molecule has 76 valence electrons. The van der Waals surface area contributed by atoms with Crippen LogP contribution in [0.4, 0.5) is 0 Å². The van der Waals surface area contributed by atoms with E-state index in [4.69, 9.17) is 0 Å². The summed E-state index contributed by atoms with van der Waals surface area (Å²) in [4.78, 5) is 11.1. The molecule has 1 rings (SSSR count). The second-order valence-electron chi connectivity index (χ2n) is 4.86. The van der Waals surface area contributed by atoms with Gasteiger partial charge in [0.05, 0.1) is 0 Å². The van der Waals surface area contributed by atoms with Crippen LogP contribution in [0.5, 0.6) is 0 Å². The van der Waals surface area contributed by atoms with Crippen LogP contribution < -0.4 is 0 Å². The second-order valence-corrected chi connectivity index (χ2v) is 4.86. The van der Waals surface area contributed by atoms with Gasteiger partial charge in [-0.15, -0.1) is 0 Å². The second kappa shape index (κ2) is 4.78. The third kappa shape index (κ3) is 3.13. The highest BCUT2D eigenvalue weighted by Crippen LogP contribution is 2.37. The first-order valence-corrected chi connectivity index (χ1v) is 5.60. The van der Waals surface area contributed by atoms with Crippen molar-refractivity contribution >= 4 is 5.78 Å². The molecule has 1 unspecified atom stereocenters. The fraction of sp³-hybridized carbons (Fsp3) is 0.917. The van der Waals surface area contributed by atoms with Crippen molar-refractivity contribution in [1.82, 2.24) is 0 Å². The van der Waals surface area contributed by atoms with Gasteiger partial charge in [0.15, 0.2) is 0 Å². The zero-order chi connectivity index (χ0) is 9.84. The molecule has 0 heterocycles. The topological polar surface area (TPSA) is 17.1 Å². The molecule has 1 atom stereocenters. The third-order valence-electron chi connectivity index (χ3n) is 3.38. The molecule has 0 radical (unpaired) electrons. The van der Waals surface area contributed by atoms with Crippen LogP contribution in [0.1, 0.15) is 52.9 Å². The van der Waals surface area contributed by atoms with Crippen molar-refractivity contribution in [2.24, 2.45) is 17.8 Å². The molecular formula is C12H22O. The molecule has 0 aromatic heterocycles. The monoisotopic (exact) mass is 182 g/mol. The molecule has 13 heavy (non-hydrogen) atoms. The molecule has 1 fully saturated rings. The van der Waals surface area contributed by atoms with Crippen molar-refractivity contribution in [3.8, 4) is 0 Å². The van der Waals surface area contributed by atoms with Crippen molar-refractivity contribution in [1.29, 1.82) is 0 Å². The molecule has 0 amide bonds. The molecule has 0 aliphatic heterocycles. The average Bonchev–Trinajstić information content (AvgIpc) is 2.50. The first-order valence-electron chi connectivity index (χ1n) is 5.60. The highest BCUT2D eigenvalue weighted by molar-refractivity contribution is 5.75. The number of hydrogen-bond donors (Lipinski definition) is 0. The predicted molar refractivity (Wildman–Crippen MR) is 55.6 cm³/mol. The summed E-state index contributed by atoms with van der Waals surface area (Å²) in [6, 6.07) is 0. The van der Waals surface area contributed by atoms with E-state index >= 15 is 0 Å².